The predicted octanol–water partition coefficient (Wildman–Crippen LogP) is 1.24. The highest BCUT2D eigenvalue weighted by molar-refractivity contribution is 5.84. The van der Waals surface area contributed by atoms with E-state index in [1.807, 2.05) is 24.9 Å². The van der Waals surface area contributed by atoms with Crippen molar-refractivity contribution < 1.29 is 9.21 Å². The Morgan fingerprint density at radius 3 is 2.71 bits per heavy atom. The molecule has 0 aliphatic heterocycles. The highest BCUT2D eigenvalue weighted by Gasteiger charge is 2.11. The fraction of sp³-hybridized carbons (Fsp3) is 0.467. The number of carbonyl (C=O) groups is 1. The van der Waals surface area contributed by atoms with E-state index in [4.69, 9.17) is 4.42 Å². The number of hydrogen-bond donors (Lipinski definition) is 1. The summed E-state index contributed by atoms with van der Waals surface area (Å²) in [4.78, 5) is 19.5. The van der Waals surface area contributed by atoms with Crippen LogP contribution in [0.15, 0.2) is 34.4 Å². The van der Waals surface area contributed by atoms with Crippen LogP contribution >= 0.6 is 0 Å². The maximum absolute atomic E-state index is 11.7. The lowest BCUT2D eigenvalue weighted by atomic mass is 10.2. The molecule has 1 aromatic rings. The summed E-state index contributed by atoms with van der Waals surface area (Å²) in [7, 11) is 5.35. The molecule has 0 atom stereocenters. The van der Waals surface area contributed by atoms with Crippen LogP contribution in [0.25, 0.3) is 0 Å². The molecule has 0 radical (unpaired) electrons. The molecule has 1 heterocycles. The van der Waals surface area contributed by atoms with Gasteiger partial charge in [0.2, 0.25) is 5.91 Å². The number of nitrogens with zero attached hydrogens (tertiary/aromatic N) is 3. The molecule has 0 saturated heterocycles. The van der Waals surface area contributed by atoms with Gasteiger partial charge in [-0.25, -0.2) is 4.99 Å². The van der Waals surface area contributed by atoms with E-state index in [0.717, 1.165) is 11.3 Å². The number of rotatable bonds is 6. The van der Waals surface area contributed by atoms with Gasteiger partial charge in [-0.2, -0.15) is 0 Å². The minimum Gasteiger partial charge on any atom is -0.469 e. The second kappa shape index (κ2) is 8.14. The van der Waals surface area contributed by atoms with Crippen molar-refractivity contribution in [2.24, 2.45) is 4.99 Å². The van der Waals surface area contributed by atoms with Gasteiger partial charge >= 0.3 is 0 Å². The molecule has 0 saturated carbocycles. The summed E-state index contributed by atoms with van der Waals surface area (Å²) in [6.07, 6.45) is 3.42. The Labute approximate surface area is 126 Å². The third kappa shape index (κ3) is 5.33. The second-order valence-electron chi connectivity index (χ2n) is 4.96. The van der Waals surface area contributed by atoms with Crippen LogP contribution in [0.1, 0.15) is 11.3 Å². The molecule has 21 heavy (non-hydrogen) atoms. The smallest absolute Gasteiger partial charge is 0.243 e. The molecule has 0 aliphatic carbocycles. The number of furan rings is 1. The fourth-order valence-corrected chi connectivity index (χ4v) is 1.66. The SMILES string of the molecule is C=CCNC(=NCC(=O)N(C)C)N(C)Cc1ccoc1C. The van der Waals surface area contributed by atoms with Crippen LogP contribution in [0.5, 0.6) is 0 Å². The lowest BCUT2D eigenvalue weighted by Gasteiger charge is -2.22. The van der Waals surface area contributed by atoms with Crippen molar-refractivity contribution in [1.82, 2.24) is 15.1 Å². The molecular formula is C15H24N4O2. The van der Waals surface area contributed by atoms with Crippen molar-refractivity contribution in [3.05, 3.63) is 36.3 Å². The van der Waals surface area contributed by atoms with Gasteiger partial charge in [-0.05, 0) is 13.0 Å². The summed E-state index contributed by atoms with van der Waals surface area (Å²) in [5.74, 6) is 1.50. The highest BCUT2D eigenvalue weighted by atomic mass is 16.3. The topological polar surface area (TPSA) is 61.1 Å². The van der Waals surface area contributed by atoms with E-state index in [0.29, 0.717) is 19.0 Å². The molecule has 0 spiro atoms. The summed E-state index contributed by atoms with van der Waals surface area (Å²) >= 11 is 0. The summed E-state index contributed by atoms with van der Waals surface area (Å²) < 4.78 is 5.29. The number of carbonyl (C=O) groups excluding carboxylic acids is 1. The van der Waals surface area contributed by atoms with E-state index in [9.17, 15) is 4.79 Å². The Hall–Kier alpha value is -2.24. The maximum atomic E-state index is 11.7. The first-order valence-corrected chi connectivity index (χ1v) is 6.79. The number of nitrogens with one attached hydrogen (secondary N) is 1. The van der Waals surface area contributed by atoms with Crippen LogP contribution in [0.2, 0.25) is 0 Å². The molecule has 0 aliphatic rings. The molecule has 1 N–H and O–H groups in total. The number of guanidine groups is 1. The first-order chi connectivity index (χ1) is 9.95. The van der Waals surface area contributed by atoms with Gasteiger partial charge in [-0.3, -0.25) is 4.79 Å². The summed E-state index contributed by atoms with van der Waals surface area (Å²) in [5.41, 5.74) is 1.09. The van der Waals surface area contributed by atoms with Crippen molar-refractivity contribution in [3.8, 4) is 0 Å². The number of aliphatic imine (C=N–C) groups is 1. The normalized spacial score (nSPS) is 11.1. The fourth-order valence-electron chi connectivity index (χ4n) is 1.66. The van der Waals surface area contributed by atoms with Gasteiger partial charge in [0, 0.05) is 39.8 Å². The third-order valence-corrected chi connectivity index (χ3v) is 3.00. The van der Waals surface area contributed by atoms with Crippen molar-refractivity contribution in [2.45, 2.75) is 13.5 Å². The first-order valence-electron chi connectivity index (χ1n) is 6.79. The van der Waals surface area contributed by atoms with E-state index in [1.54, 1.807) is 26.4 Å². The van der Waals surface area contributed by atoms with Crippen LogP contribution in [-0.2, 0) is 11.3 Å². The zero-order valence-electron chi connectivity index (χ0n) is 13.2. The molecule has 0 aromatic carbocycles. The van der Waals surface area contributed by atoms with E-state index in [2.05, 4.69) is 16.9 Å². The Bertz CT molecular complexity index is 506. The molecule has 1 aromatic heterocycles. The zero-order valence-corrected chi connectivity index (χ0v) is 13.2. The Balaban J connectivity index is 2.75. The number of hydrogen-bond acceptors (Lipinski definition) is 3. The van der Waals surface area contributed by atoms with E-state index >= 15 is 0 Å². The van der Waals surface area contributed by atoms with Crippen LogP contribution in [-0.4, -0.2) is 55.9 Å². The largest absolute Gasteiger partial charge is 0.469 e. The molecule has 0 unspecified atom stereocenters. The molecule has 6 nitrogen and oxygen atoms in total. The minimum atomic E-state index is -0.0409. The second-order valence-corrected chi connectivity index (χ2v) is 4.96. The molecule has 0 fully saturated rings. The highest BCUT2D eigenvalue weighted by Crippen LogP contribution is 2.11. The summed E-state index contributed by atoms with van der Waals surface area (Å²) in [6, 6.07) is 1.93. The van der Waals surface area contributed by atoms with Crippen LogP contribution in [0, 0.1) is 6.92 Å². The van der Waals surface area contributed by atoms with Crippen molar-refractivity contribution >= 4 is 11.9 Å². The lowest BCUT2D eigenvalue weighted by Crippen LogP contribution is -2.39. The van der Waals surface area contributed by atoms with Gasteiger partial charge in [0.25, 0.3) is 0 Å². The summed E-state index contributed by atoms with van der Waals surface area (Å²) in [6.45, 7) is 6.96. The van der Waals surface area contributed by atoms with Gasteiger partial charge in [-0.15, -0.1) is 6.58 Å². The summed E-state index contributed by atoms with van der Waals surface area (Å²) in [5, 5.41) is 3.15. The molecule has 1 amide bonds. The van der Waals surface area contributed by atoms with E-state index in [1.165, 1.54) is 4.90 Å². The molecule has 6 heteroatoms. The average Bonchev–Trinajstić information content (AvgIpc) is 2.83. The van der Waals surface area contributed by atoms with Crippen molar-refractivity contribution in [3.63, 3.8) is 0 Å². The lowest BCUT2D eigenvalue weighted by molar-refractivity contribution is -0.127. The van der Waals surface area contributed by atoms with Crippen LogP contribution in [0.3, 0.4) is 0 Å². The van der Waals surface area contributed by atoms with Crippen molar-refractivity contribution in [1.29, 1.82) is 0 Å². The van der Waals surface area contributed by atoms with Crippen LogP contribution in [0.4, 0.5) is 0 Å². The van der Waals surface area contributed by atoms with Gasteiger partial charge in [0.15, 0.2) is 5.96 Å². The van der Waals surface area contributed by atoms with Gasteiger partial charge < -0.3 is 19.5 Å². The third-order valence-electron chi connectivity index (χ3n) is 3.00. The van der Waals surface area contributed by atoms with Crippen molar-refractivity contribution in [2.75, 3.05) is 34.2 Å². The molecule has 1 rings (SSSR count). The number of aryl methyl sites for hydroxylation is 1. The molecule has 0 bridgehead atoms. The minimum absolute atomic E-state index is 0.0409. The average molecular weight is 292 g/mol. The van der Waals surface area contributed by atoms with Gasteiger partial charge in [0.1, 0.15) is 12.3 Å². The van der Waals surface area contributed by atoms with Crippen LogP contribution < -0.4 is 5.32 Å². The van der Waals surface area contributed by atoms with Gasteiger partial charge in [0.05, 0.1) is 6.26 Å². The number of likely N-dealkylation sites (N-methyl/N-ethyl adjacent to an activating group) is 1. The Morgan fingerprint density at radius 1 is 1.48 bits per heavy atom. The Morgan fingerprint density at radius 2 is 2.19 bits per heavy atom. The zero-order chi connectivity index (χ0) is 15.8. The van der Waals surface area contributed by atoms with E-state index < -0.39 is 0 Å². The standard InChI is InChI=1S/C15H24N4O2/c1-6-8-16-15(17-10-14(20)18(3)4)19(5)11-13-7-9-21-12(13)2/h6-7,9H,1,8,10-11H2,2-5H3,(H,16,17). The Kier molecular flexibility index (Phi) is 6.52. The monoisotopic (exact) mass is 292 g/mol. The van der Waals surface area contributed by atoms with E-state index in [-0.39, 0.29) is 12.5 Å². The quantitative estimate of drug-likeness (QED) is 0.487. The van der Waals surface area contributed by atoms with Gasteiger partial charge in [-0.1, -0.05) is 6.08 Å². The maximum Gasteiger partial charge on any atom is 0.243 e. The predicted molar refractivity (Wildman–Crippen MR) is 84.1 cm³/mol. The number of amides is 1. The molecular weight excluding hydrogens is 268 g/mol. The first kappa shape index (κ1) is 16.8. The molecule has 116 valence electrons.